The molecular weight excluding hydrogens is 379 g/mol. The number of imidazole rings is 1. The van der Waals surface area contributed by atoms with Crippen molar-refractivity contribution < 1.29 is 17.6 Å². The standard InChI is InChI=1S/C22H20F3N3O/c1-12-17(28-20(29-12)21(2,3)4)19-26-16-11-14(13-8-6-5-7-9-13)10-15(18(16)27-19)22(23,24)25/h5-11H,1-4H3,(H,26,27). The highest BCUT2D eigenvalue weighted by Gasteiger charge is 2.35. The number of aryl methyl sites for hydroxylation is 1. The molecule has 0 fully saturated rings. The molecule has 0 aliphatic carbocycles. The predicted octanol–water partition coefficient (Wildman–Crippen LogP) is 6.51. The number of oxazole rings is 1. The number of aromatic nitrogens is 3. The molecular formula is C22H20F3N3O. The Balaban J connectivity index is 1.93. The molecule has 4 aromatic rings. The maximum absolute atomic E-state index is 13.8. The van der Waals surface area contributed by atoms with Gasteiger partial charge in [-0.2, -0.15) is 13.2 Å². The fourth-order valence-electron chi connectivity index (χ4n) is 3.18. The first-order valence-corrected chi connectivity index (χ1v) is 9.19. The third kappa shape index (κ3) is 3.52. The summed E-state index contributed by atoms with van der Waals surface area (Å²) < 4.78 is 47.1. The first-order chi connectivity index (χ1) is 13.5. The molecule has 0 unspecified atom stereocenters. The second kappa shape index (κ2) is 6.47. The summed E-state index contributed by atoms with van der Waals surface area (Å²) in [4.78, 5) is 11.7. The number of alkyl halides is 3. The first-order valence-electron chi connectivity index (χ1n) is 9.19. The second-order valence-corrected chi connectivity index (χ2v) is 8.04. The summed E-state index contributed by atoms with van der Waals surface area (Å²) in [5, 5.41) is 0. The Morgan fingerprint density at radius 3 is 2.21 bits per heavy atom. The maximum Gasteiger partial charge on any atom is 0.418 e. The Morgan fingerprint density at radius 1 is 0.931 bits per heavy atom. The number of nitrogens with one attached hydrogen (secondary N) is 1. The van der Waals surface area contributed by atoms with E-state index >= 15 is 0 Å². The molecule has 0 saturated carbocycles. The van der Waals surface area contributed by atoms with Gasteiger partial charge in [-0.05, 0) is 30.2 Å². The van der Waals surface area contributed by atoms with Crippen molar-refractivity contribution in [3.63, 3.8) is 0 Å². The van der Waals surface area contributed by atoms with Crippen LogP contribution in [-0.4, -0.2) is 15.0 Å². The van der Waals surface area contributed by atoms with Gasteiger partial charge < -0.3 is 9.40 Å². The molecule has 150 valence electrons. The van der Waals surface area contributed by atoms with Crippen molar-refractivity contribution in [3.05, 3.63) is 59.7 Å². The fourth-order valence-corrected chi connectivity index (χ4v) is 3.18. The van der Waals surface area contributed by atoms with Gasteiger partial charge in [0.05, 0.1) is 11.1 Å². The zero-order chi connectivity index (χ0) is 21.0. The van der Waals surface area contributed by atoms with Gasteiger partial charge in [0.2, 0.25) is 0 Å². The van der Waals surface area contributed by atoms with E-state index in [1.165, 1.54) is 0 Å². The largest absolute Gasteiger partial charge is 0.445 e. The number of nitrogens with zero attached hydrogens (tertiary/aromatic N) is 2. The number of rotatable bonds is 2. The monoisotopic (exact) mass is 399 g/mol. The molecule has 1 N–H and O–H groups in total. The minimum atomic E-state index is -4.54. The number of aromatic amines is 1. The maximum atomic E-state index is 13.8. The predicted molar refractivity (Wildman–Crippen MR) is 105 cm³/mol. The van der Waals surface area contributed by atoms with E-state index in [0.717, 1.165) is 6.07 Å². The van der Waals surface area contributed by atoms with E-state index in [1.807, 2.05) is 26.8 Å². The van der Waals surface area contributed by atoms with Crippen LogP contribution in [0.25, 0.3) is 33.7 Å². The summed E-state index contributed by atoms with van der Waals surface area (Å²) in [6.07, 6.45) is -4.54. The molecule has 2 aromatic heterocycles. The van der Waals surface area contributed by atoms with E-state index in [9.17, 15) is 13.2 Å². The lowest BCUT2D eigenvalue weighted by Gasteiger charge is -2.11. The van der Waals surface area contributed by atoms with Crippen molar-refractivity contribution in [2.45, 2.75) is 39.3 Å². The summed E-state index contributed by atoms with van der Waals surface area (Å²) in [6.45, 7) is 7.59. The van der Waals surface area contributed by atoms with E-state index < -0.39 is 11.7 Å². The molecule has 0 spiro atoms. The zero-order valence-corrected chi connectivity index (χ0v) is 16.5. The highest BCUT2D eigenvalue weighted by molar-refractivity contribution is 5.87. The summed E-state index contributed by atoms with van der Waals surface area (Å²) in [6, 6.07) is 11.8. The van der Waals surface area contributed by atoms with Gasteiger partial charge in [-0.25, -0.2) is 9.97 Å². The van der Waals surface area contributed by atoms with Gasteiger partial charge >= 0.3 is 6.18 Å². The van der Waals surface area contributed by atoms with E-state index in [4.69, 9.17) is 4.42 Å². The quantitative estimate of drug-likeness (QED) is 0.418. The summed E-state index contributed by atoms with van der Waals surface area (Å²) >= 11 is 0. The van der Waals surface area contributed by atoms with Gasteiger partial charge in [0.1, 0.15) is 17.0 Å². The fraction of sp³-hybridized carbons (Fsp3) is 0.273. The topological polar surface area (TPSA) is 54.7 Å². The minimum Gasteiger partial charge on any atom is -0.445 e. The third-order valence-electron chi connectivity index (χ3n) is 4.66. The molecule has 2 aromatic carbocycles. The van der Waals surface area contributed by atoms with Gasteiger partial charge in [0.15, 0.2) is 11.7 Å². The van der Waals surface area contributed by atoms with Crippen LogP contribution in [0, 0.1) is 6.92 Å². The Kier molecular flexibility index (Phi) is 4.29. The lowest BCUT2D eigenvalue weighted by atomic mass is 9.97. The molecule has 0 atom stereocenters. The van der Waals surface area contributed by atoms with E-state index in [-0.39, 0.29) is 16.8 Å². The number of fused-ring (bicyclic) bond motifs is 1. The van der Waals surface area contributed by atoms with Crippen molar-refractivity contribution in [3.8, 4) is 22.6 Å². The highest BCUT2D eigenvalue weighted by Crippen LogP contribution is 2.38. The van der Waals surface area contributed by atoms with Gasteiger partial charge in [-0.1, -0.05) is 51.1 Å². The first kappa shape index (κ1) is 19.2. The zero-order valence-electron chi connectivity index (χ0n) is 16.5. The number of hydrogen-bond acceptors (Lipinski definition) is 3. The molecule has 0 radical (unpaired) electrons. The average molecular weight is 399 g/mol. The SMILES string of the molecule is Cc1oc(C(C)(C)C)nc1-c1nc2c(C(F)(F)F)cc(-c3ccccc3)cc2[nH]1. The van der Waals surface area contributed by atoms with Crippen molar-refractivity contribution in [1.29, 1.82) is 0 Å². The van der Waals surface area contributed by atoms with E-state index in [0.29, 0.717) is 34.0 Å². The van der Waals surface area contributed by atoms with Crippen LogP contribution < -0.4 is 0 Å². The number of H-pyrrole nitrogens is 1. The van der Waals surface area contributed by atoms with Crippen LogP contribution >= 0.6 is 0 Å². The van der Waals surface area contributed by atoms with Crippen molar-refractivity contribution in [1.82, 2.24) is 15.0 Å². The van der Waals surface area contributed by atoms with Crippen molar-refractivity contribution in [2.24, 2.45) is 0 Å². The Morgan fingerprint density at radius 2 is 1.62 bits per heavy atom. The lowest BCUT2D eigenvalue weighted by molar-refractivity contribution is -0.136. The Labute approximate surface area is 165 Å². The third-order valence-corrected chi connectivity index (χ3v) is 4.66. The highest BCUT2D eigenvalue weighted by atomic mass is 19.4. The van der Waals surface area contributed by atoms with Gasteiger partial charge in [-0.3, -0.25) is 0 Å². The molecule has 7 heteroatoms. The number of benzene rings is 2. The average Bonchev–Trinajstić information content (AvgIpc) is 3.23. The lowest BCUT2D eigenvalue weighted by Crippen LogP contribution is -2.11. The Hall–Kier alpha value is -3.09. The molecule has 0 bridgehead atoms. The van der Waals surface area contributed by atoms with Gasteiger partial charge in [-0.15, -0.1) is 0 Å². The van der Waals surface area contributed by atoms with Crippen LogP contribution in [0.3, 0.4) is 0 Å². The van der Waals surface area contributed by atoms with Gasteiger partial charge in [0.25, 0.3) is 0 Å². The van der Waals surface area contributed by atoms with Crippen LogP contribution in [0.15, 0.2) is 46.9 Å². The Bertz CT molecular complexity index is 1180. The second-order valence-electron chi connectivity index (χ2n) is 8.04. The number of hydrogen-bond donors (Lipinski definition) is 1. The van der Waals surface area contributed by atoms with Gasteiger partial charge in [0, 0.05) is 5.41 Å². The molecule has 0 saturated heterocycles. The minimum absolute atomic E-state index is 0.133. The molecule has 2 heterocycles. The summed E-state index contributed by atoms with van der Waals surface area (Å²) in [5.41, 5.74) is 0.637. The number of halogens is 3. The smallest absolute Gasteiger partial charge is 0.418 e. The normalized spacial score (nSPS) is 12.7. The summed E-state index contributed by atoms with van der Waals surface area (Å²) in [5.74, 6) is 1.27. The van der Waals surface area contributed by atoms with Crippen molar-refractivity contribution >= 4 is 11.0 Å². The van der Waals surface area contributed by atoms with E-state index in [2.05, 4.69) is 15.0 Å². The summed E-state index contributed by atoms with van der Waals surface area (Å²) in [7, 11) is 0. The molecule has 29 heavy (non-hydrogen) atoms. The molecule has 0 amide bonds. The molecule has 4 rings (SSSR count). The molecule has 0 aliphatic rings. The van der Waals surface area contributed by atoms with Crippen LogP contribution in [0.4, 0.5) is 13.2 Å². The van der Waals surface area contributed by atoms with Crippen LogP contribution in [0.2, 0.25) is 0 Å². The van der Waals surface area contributed by atoms with Crippen LogP contribution in [0.1, 0.15) is 38.0 Å². The van der Waals surface area contributed by atoms with Crippen molar-refractivity contribution in [2.75, 3.05) is 0 Å². The van der Waals surface area contributed by atoms with E-state index in [1.54, 1.807) is 37.3 Å². The van der Waals surface area contributed by atoms with Crippen LogP contribution in [0.5, 0.6) is 0 Å². The van der Waals surface area contributed by atoms with Crippen LogP contribution in [-0.2, 0) is 11.6 Å². The molecule has 4 nitrogen and oxygen atoms in total. The molecule has 0 aliphatic heterocycles.